The molecule has 112 valence electrons. The normalized spacial score (nSPS) is 10.5. The molecule has 0 fully saturated rings. The van der Waals surface area contributed by atoms with E-state index in [0.29, 0.717) is 18.1 Å². The topological polar surface area (TPSA) is 38.7 Å². The van der Waals surface area contributed by atoms with Gasteiger partial charge in [-0.3, -0.25) is 0 Å². The minimum Gasteiger partial charge on any atom is -0.494 e. The molecular formula is C16H16F2O3. The van der Waals surface area contributed by atoms with Crippen molar-refractivity contribution in [1.29, 1.82) is 0 Å². The van der Waals surface area contributed by atoms with Gasteiger partial charge in [-0.2, -0.15) is 0 Å². The van der Waals surface area contributed by atoms with Crippen molar-refractivity contribution in [2.75, 3.05) is 6.61 Å². The largest absolute Gasteiger partial charge is 0.494 e. The van der Waals surface area contributed by atoms with Gasteiger partial charge in [0, 0.05) is 0 Å². The number of hydrogen-bond acceptors (Lipinski definition) is 3. The maximum atomic E-state index is 13.7. The summed E-state index contributed by atoms with van der Waals surface area (Å²) in [4.78, 5) is 0. The first kappa shape index (κ1) is 15.3. The third kappa shape index (κ3) is 3.92. The second-order valence-electron chi connectivity index (χ2n) is 4.47. The molecule has 0 aromatic heterocycles. The van der Waals surface area contributed by atoms with Gasteiger partial charge >= 0.3 is 0 Å². The molecule has 2 aromatic carbocycles. The van der Waals surface area contributed by atoms with Crippen LogP contribution < -0.4 is 9.47 Å². The fourth-order valence-electron chi connectivity index (χ4n) is 1.74. The first-order valence-electron chi connectivity index (χ1n) is 6.63. The Labute approximate surface area is 121 Å². The molecule has 21 heavy (non-hydrogen) atoms. The highest BCUT2D eigenvalue weighted by molar-refractivity contribution is 5.38. The molecule has 5 heteroatoms. The van der Waals surface area contributed by atoms with Gasteiger partial charge in [-0.05, 0) is 48.4 Å². The van der Waals surface area contributed by atoms with Gasteiger partial charge in [0.25, 0.3) is 0 Å². The zero-order chi connectivity index (χ0) is 15.2. The van der Waals surface area contributed by atoms with E-state index in [0.717, 1.165) is 18.6 Å². The fourth-order valence-corrected chi connectivity index (χ4v) is 1.74. The van der Waals surface area contributed by atoms with E-state index in [9.17, 15) is 8.78 Å². The molecule has 1 N–H and O–H groups in total. The molecule has 0 aliphatic carbocycles. The summed E-state index contributed by atoms with van der Waals surface area (Å²) in [5.74, 6) is -1.24. The first-order valence-corrected chi connectivity index (χ1v) is 6.63. The summed E-state index contributed by atoms with van der Waals surface area (Å²) in [7, 11) is 0. The number of halogens is 2. The highest BCUT2D eigenvalue weighted by Crippen LogP contribution is 2.29. The van der Waals surface area contributed by atoms with E-state index in [4.69, 9.17) is 14.6 Å². The van der Waals surface area contributed by atoms with E-state index >= 15 is 0 Å². The summed E-state index contributed by atoms with van der Waals surface area (Å²) in [5, 5.41) is 8.88. The van der Waals surface area contributed by atoms with Crippen LogP contribution in [0, 0.1) is 11.6 Å². The van der Waals surface area contributed by atoms with Crippen molar-refractivity contribution in [3.05, 3.63) is 53.6 Å². The highest BCUT2D eigenvalue weighted by atomic mass is 19.1. The zero-order valence-electron chi connectivity index (χ0n) is 11.6. The molecule has 2 aromatic rings. The smallest absolute Gasteiger partial charge is 0.198 e. The predicted molar refractivity (Wildman–Crippen MR) is 74.6 cm³/mol. The maximum absolute atomic E-state index is 13.7. The summed E-state index contributed by atoms with van der Waals surface area (Å²) >= 11 is 0. The quantitative estimate of drug-likeness (QED) is 0.874. The Kier molecular flexibility index (Phi) is 5.11. The monoisotopic (exact) mass is 294 g/mol. The van der Waals surface area contributed by atoms with E-state index in [1.165, 1.54) is 0 Å². The van der Waals surface area contributed by atoms with Crippen LogP contribution in [0.2, 0.25) is 0 Å². The van der Waals surface area contributed by atoms with Crippen LogP contribution in [0.25, 0.3) is 0 Å². The number of ether oxygens (including phenoxy) is 2. The van der Waals surface area contributed by atoms with E-state index in [1.54, 1.807) is 24.3 Å². The molecule has 0 saturated carbocycles. The third-order valence-electron chi connectivity index (χ3n) is 2.76. The molecule has 0 aliphatic heterocycles. The highest BCUT2D eigenvalue weighted by Gasteiger charge is 2.13. The summed E-state index contributed by atoms with van der Waals surface area (Å²) in [5.41, 5.74) is 0.153. The second-order valence-corrected chi connectivity index (χ2v) is 4.47. The number of benzene rings is 2. The Balaban J connectivity index is 2.14. The third-order valence-corrected chi connectivity index (χ3v) is 2.76. The Morgan fingerprint density at radius 3 is 2.10 bits per heavy atom. The summed E-state index contributed by atoms with van der Waals surface area (Å²) in [6.07, 6.45) is 0.895. The average Bonchev–Trinajstić information content (AvgIpc) is 2.49. The van der Waals surface area contributed by atoms with Crippen molar-refractivity contribution in [2.24, 2.45) is 0 Å². The van der Waals surface area contributed by atoms with Crippen molar-refractivity contribution < 1.29 is 23.4 Å². The molecule has 0 unspecified atom stereocenters. The van der Waals surface area contributed by atoms with Crippen LogP contribution in [-0.4, -0.2) is 11.7 Å². The molecule has 0 atom stereocenters. The minimum atomic E-state index is -0.856. The van der Waals surface area contributed by atoms with Crippen molar-refractivity contribution in [3.8, 4) is 17.2 Å². The molecule has 3 nitrogen and oxygen atoms in total. The molecule has 0 radical (unpaired) electrons. The lowest BCUT2D eigenvalue weighted by Crippen LogP contribution is -1.97. The predicted octanol–water partition coefficient (Wildman–Crippen LogP) is 4.04. The van der Waals surface area contributed by atoms with Crippen LogP contribution in [0.5, 0.6) is 17.2 Å². The van der Waals surface area contributed by atoms with Crippen LogP contribution in [0.3, 0.4) is 0 Å². The molecule has 0 spiro atoms. The van der Waals surface area contributed by atoms with Crippen molar-refractivity contribution in [3.63, 3.8) is 0 Å². The van der Waals surface area contributed by atoms with Crippen molar-refractivity contribution in [1.82, 2.24) is 0 Å². The minimum absolute atomic E-state index is 0.153. The Morgan fingerprint density at radius 2 is 1.57 bits per heavy atom. The zero-order valence-corrected chi connectivity index (χ0v) is 11.6. The average molecular weight is 294 g/mol. The van der Waals surface area contributed by atoms with Gasteiger partial charge in [-0.1, -0.05) is 6.92 Å². The van der Waals surface area contributed by atoms with E-state index in [-0.39, 0.29) is 5.56 Å². The van der Waals surface area contributed by atoms with E-state index in [1.807, 2.05) is 6.92 Å². The lowest BCUT2D eigenvalue weighted by atomic mass is 10.2. The van der Waals surface area contributed by atoms with Gasteiger partial charge in [0.15, 0.2) is 17.4 Å². The van der Waals surface area contributed by atoms with Gasteiger partial charge in [0.2, 0.25) is 0 Å². The first-order chi connectivity index (χ1) is 10.1. The molecule has 0 heterocycles. The van der Waals surface area contributed by atoms with Gasteiger partial charge in [-0.15, -0.1) is 0 Å². The Morgan fingerprint density at radius 1 is 1.00 bits per heavy atom. The summed E-state index contributed by atoms with van der Waals surface area (Å²) < 4.78 is 38.1. The molecule has 0 amide bonds. The van der Waals surface area contributed by atoms with Gasteiger partial charge in [0.1, 0.15) is 11.5 Å². The molecule has 0 saturated heterocycles. The number of rotatable bonds is 6. The maximum Gasteiger partial charge on any atom is 0.198 e. The fraction of sp³-hybridized carbons (Fsp3) is 0.250. The van der Waals surface area contributed by atoms with Gasteiger partial charge in [0.05, 0.1) is 13.2 Å². The number of aliphatic hydroxyl groups excluding tert-OH is 1. The van der Waals surface area contributed by atoms with E-state index in [2.05, 4.69) is 0 Å². The van der Waals surface area contributed by atoms with Crippen molar-refractivity contribution in [2.45, 2.75) is 20.0 Å². The van der Waals surface area contributed by atoms with Crippen LogP contribution >= 0.6 is 0 Å². The molecule has 0 aliphatic rings. The number of aliphatic hydroxyl groups is 1. The number of hydrogen-bond donors (Lipinski definition) is 1. The second kappa shape index (κ2) is 7.04. The Hall–Kier alpha value is -2.14. The summed E-state index contributed by atoms with van der Waals surface area (Å²) in [6, 6.07) is 8.56. The van der Waals surface area contributed by atoms with Crippen molar-refractivity contribution >= 4 is 0 Å². The Bertz CT molecular complexity index is 574. The summed E-state index contributed by atoms with van der Waals surface area (Å²) in [6.45, 7) is 2.17. The molecule has 0 bridgehead atoms. The van der Waals surface area contributed by atoms with E-state index < -0.39 is 24.0 Å². The van der Waals surface area contributed by atoms with Crippen LogP contribution in [-0.2, 0) is 6.61 Å². The van der Waals surface area contributed by atoms with Gasteiger partial charge < -0.3 is 14.6 Å². The van der Waals surface area contributed by atoms with Crippen LogP contribution in [0.4, 0.5) is 8.78 Å². The van der Waals surface area contributed by atoms with Crippen LogP contribution in [0.15, 0.2) is 36.4 Å². The molecular weight excluding hydrogens is 278 g/mol. The lowest BCUT2D eigenvalue weighted by molar-refractivity contribution is 0.279. The SMILES string of the molecule is CCCOc1ccc(Oc2c(F)cc(CO)cc2F)cc1. The standard InChI is InChI=1S/C16H16F2O3/c1-2-7-20-12-3-5-13(6-4-12)21-16-14(17)8-11(10-19)9-15(16)18/h3-6,8-9,19H,2,7,10H2,1H3. The van der Waals surface area contributed by atoms with Gasteiger partial charge in [-0.25, -0.2) is 8.78 Å². The van der Waals surface area contributed by atoms with Crippen LogP contribution in [0.1, 0.15) is 18.9 Å². The lowest BCUT2D eigenvalue weighted by Gasteiger charge is -2.10. The molecule has 2 rings (SSSR count).